The van der Waals surface area contributed by atoms with Gasteiger partial charge in [0.05, 0.1) is 12.3 Å². The van der Waals surface area contributed by atoms with Crippen molar-refractivity contribution in [1.82, 2.24) is 14.8 Å². The third-order valence-electron chi connectivity index (χ3n) is 4.66. The number of para-hydroxylation sites is 1. The molecule has 0 unspecified atom stereocenters. The van der Waals surface area contributed by atoms with Crippen LogP contribution in [0.15, 0.2) is 71.5 Å². The van der Waals surface area contributed by atoms with Crippen LogP contribution in [0.1, 0.15) is 11.3 Å². The molecular formula is C22H17BrClN3O. The van der Waals surface area contributed by atoms with Crippen LogP contribution in [0.2, 0.25) is 5.02 Å². The standard InChI is InChI=1S/C22H17BrClN3O/c1-14-20(15-5-7-18(24)8-6-15)21(16-9-11-25-12-10-16)26-27(14)22-17(13-28)3-2-4-19(22)23/h2-12,28H,13H2,1H3. The summed E-state index contributed by atoms with van der Waals surface area (Å²) in [5.41, 5.74) is 6.46. The highest BCUT2D eigenvalue weighted by Crippen LogP contribution is 2.37. The largest absolute Gasteiger partial charge is 0.392 e. The van der Waals surface area contributed by atoms with Crippen molar-refractivity contribution >= 4 is 27.5 Å². The molecule has 0 fully saturated rings. The molecule has 1 N–H and O–H groups in total. The molecule has 2 aromatic heterocycles. The number of hydrogen-bond donors (Lipinski definition) is 1. The first-order valence-electron chi connectivity index (χ1n) is 8.74. The molecule has 140 valence electrons. The number of aromatic nitrogens is 3. The van der Waals surface area contributed by atoms with Gasteiger partial charge in [0.2, 0.25) is 0 Å². The summed E-state index contributed by atoms with van der Waals surface area (Å²) in [5.74, 6) is 0. The third-order valence-corrected chi connectivity index (χ3v) is 5.55. The SMILES string of the molecule is Cc1c(-c2ccc(Cl)cc2)c(-c2ccncc2)nn1-c1c(Br)cccc1CO. The molecule has 2 aromatic carbocycles. The lowest BCUT2D eigenvalue weighted by Gasteiger charge is -2.12. The van der Waals surface area contributed by atoms with Gasteiger partial charge >= 0.3 is 0 Å². The van der Waals surface area contributed by atoms with Crippen molar-refractivity contribution < 1.29 is 5.11 Å². The Kier molecular flexibility index (Phi) is 5.31. The predicted octanol–water partition coefficient (Wildman–Crippen LogP) is 5.82. The van der Waals surface area contributed by atoms with Gasteiger partial charge in [0, 0.05) is 44.3 Å². The van der Waals surface area contributed by atoms with E-state index in [1.54, 1.807) is 12.4 Å². The van der Waals surface area contributed by atoms with Gasteiger partial charge in [0.1, 0.15) is 5.69 Å². The highest BCUT2D eigenvalue weighted by molar-refractivity contribution is 9.10. The van der Waals surface area contributed by atoms with E-state index in [9.17, 15) is 5.11 Å². The number of rotatable bonds is 4. The van der Waals surface area contributed by atoms with Crippen LogP contribution in [0, 0.1) is 6.92 Å². The van der Waals surface area contributed by atoms with Crippen LogP contribution in [0.25, 0.3) is 28.1 Å². The zero-order chi connectivity index (χ0) is 19.7. The van der Waals surface area contributed by atoms with Crippen molar-refractivity contribution in [3.63, 3.8) is 0 Å². The first kappa shape index (κ1) is 18.9. The second kappa shape index (κ2) is 7.87. The molecule has 0 radical (unpaired) electrons. The van der Waals surface area contributed by atoms with Crippen LogP contribution in [0.5, 0.6) is 0 Å². The summed E-state index contributed by atoms with van der Waals surface area (Å²) < 4.78 is 2.75. The maximum Gasteiger partial charge on any atom is 0.101 e. The Labute approximate surface area is 176 Å². The Hall–Kier alpha value is -2.47. The Bertz CT molecular complexity index is 1120. The van der Waals surface area contributed by atoms with E-state index < -0.39 is 0 Å². The fourth-order valence-corrected chi connectivity index (χ4v) is 4.02. The second-order valence-electron chi connectivity index (χ2n) is 6.37. The zero-order valence-electron chi connectivity index (χ0n) is 15.1. The van der Waals surface area contributed by atoms with Gasteiger partial charge in [-0.3, -0.25) is 4.98 Å². The van der Waals surface area contributed by atoms with Gasteiger partial charge in [0.25, 0.3) is 0 Å². The Morgan fingerprint density at radius 2 is 1.71 bits per heavy atom. The molecule has 0 amide bonds. The molecule has 28 heavy (non-hydrogen) atoms. The summed E-state index contributed by atoms with van der Waals surface area (Å²) in [7, 11) is 0. The molecule has 0 saturated heterocycles. The lowest BCUT2D eigenvalue weighted by molar-refractivity contribution is 0.281. The van der Waals surface area contributed by atoms with Crippen LogP contribution >= 0.6 is 27.5 Å². The molecule has 0 bridgehead atoms. The van der Waals surface area contributed by atoms with Gasteiger partial charge in [0.15, 0.2) is 0 Å². The average Bonchev–Trinajstić information content (AvgIpc) is 3.06. The van der Waals surface area contributed by atoms with Gasteiger partial charge in [-0.25, -0.2) is 4.68 Å². The molecule has 4 rings (SSSR count). The molecule has 0 aliphatic carbocycles. The maximum absolute atomic E-state index is 9.85. The van der Waals surface area contributed by atoms with E-state index in [0.717, 1.165) is 43.8 Å². The quantitative estimate of drug-likeness (QED) is 0.423. The molecule has 4 nitrogen and oxygen atoms in total. The van der Waals surface area contributed by atoms with E-state index in [4.69, 9.17) is 16.7 Å². The molecule has 0 saturated carbocycles. The Morgan fingerprint density at radius 3 is 2.39 bits per heavy atom. The second-order valence-corrected chi connectivity index (χ2v) is 7.66. The molecule has 0 atom stereocenters. The summed E-state index contributed by atoms with van der Waals surface area (Å²) in [6.07, 6.45) is 3.51. The molecule has 4 aromatic rings. The minimum absolute atomic E-state index is 0.0745. The number of pyridine rings is 1. The smallest absolute Gasteiger partial charge is 0.101 e. The van der Waals surface area contributed by atoms with E-state index >= 15 is 0 Å². The monoisotopic (exact) mass is 453 g/mol. The summed E-state index contributed by atoms with van der Waals surface area (Å²) in [6.45, 7) is 1.96. The zero-order valence-corrected chi connectivity index (χ0v) is 17.4. The Balaban J connectivity index is 2.02. The summed E-state index contributed by atoms with van der Waals surface area (Å²) in [6, 6.07) is 17.4. The highest BCUT2D eigenvalue weighted by Gasteiger charge is 2.21. The topological polar surface area (TPSA) is 50.9 Å². The maximum atomic E-state index is 9.85. The van der Waals surface area contributed by atoms with Gasteiger partial charge in [-0.05, 0) is 58.7 Å². The van der Waals surface area contributed by atoms with E-state index in [1.807, 2.05) is 66.2 Å². The molecule has 6 heteroatoms. The van der Waals surface area contributed by atoms with Crippen molar-refractivity contribution in [3.8, 4) is 28.1 Å². The predicted molar refractivity (Wildman–Crippen MR) is 116 cm³/mol. The van der Waals surface area contributed by atoms with Crippen molar-refractivity contribution in [2.75, 3.05) is 0 Å². The molecule has 0 spiro atoms. The number of aliphatic hydroxyl groups excluding tert-OH is 1. The van der Waals surface area contributed by atoms with Crippen molar-refractivity contribution in [3.05, 3.63) is 87.7 Å². The fourth-order valence-electron chi connectivity index (χ4n) is 3.32. The van der Waals surface area contributed by atoms with E-state index in [0.29, 0.717) is 5.02 Å². The van der Waals surface area contributed by atoms with Crippen LogP contribution in [-0.4, -0.2) is 19.9 Å². The summed E-state index contributed by atoms with van der Waals surface area (Å²) >= 11 is 9.71. The normalized spacial score (nSPS) is 11.0. The number of hydrogen-bond acceptors (Lipinski definition) is 3. The van der Waals surface area contributed by atoms with Gasteiger partial charge in [-0.1, -0.05) is 35.9 Å². The lowest BCUT2D eigenvalue weighted by Crippen LogP contribution is -2.05. The van der Waals surface area contributed by atoms with Crippen molar-refractivity contribution in [2.24, 2.45) is 0 Å². The van der Waals surface area contributed by atoms with Crippen molar-refractivity contribution in [2.45, 2.75) is 13.5 Å². The van der Waals surface area contributed by atoms with Crippen LogP contribution < -0.4 is 0 Å². The van der Waals surface area contributed by atoms with E-state index in [2.05, 4.69) is 20.9 Å². The molecule has 2 heterocycles. The van der Waals surface area contributed by atoms with Crippen LogP contribution in [0.4, 0.5) is 0 Å². The lowest BCUT2D eigenvalue weighted by atomic mass is 10.00. The first-order chi connectivity index (χ1) is 13.6. The Morgan fingerprint density at radius 1 is 1.00 bits per heavy atom. The first-order valence-corrected chi connectivity index (χ1v) is 9.92. The molecular weight excluding hydrogens is 438 g/mol. The number of aliphatic hydroxyl groups is 1. The number of nitrogens with zero attached hydrogens (tertiary/aromatic N) is 3. The minimum Gasteiger partial charge on any atom is -0.392 e. The van der Waals surface area contributed by atoms with Crippen molar-refractivity contribution in [1.29, 1.82) is 0 Å². The highest BCUT2D eigenvalue weighted by atomic mass is 79.9. The van der Waals surface area contributed by atoms with E-state index in [-0.39, 0.29) is 6.61 Å². The molecule has 0 aliphatic rings. The average molecular weight is 455 g/mol. The van der Waals surface area contributed by atoms with E-state index in [1.165, 1.54) is 0 Å². The fraction of sp³-hybridized carbons (Fsp3) is 0.0909. The minimum atomic E-state index is -0.0745. The summed E-state index contributed by atoms with van der Waals surface area (Å²) in [4.78, 5) is 4.12. The number of halogens is 2. The molecule has 0 aliphatic heterocycles. The van der Waals surface area contributed by atoms with Crippen LogP contribution in [0.3, 0.4) is 0 Å². The van der Waals surface area contributed by atoms with Gasteiger partial charge in [-0.2, -0.15) is 5.10 Å². The van der Waals surface area contributed by atoms with Gasteiger partial charge in [-0.15, -0.1) is 0 Å². The summed E-state index contributed by atoms with van der Waals surface area (Å²) in [5, 5.41) is 15.5. The third kappa shape index (κ3) is 3.37. The van der Waals surface area contributed by atoms with Gasteiger partial charge < -0.3 is 5.11 Å². The van der Waals surface area contributed by atoms with Crippen LogP contribution in [-0.2, 0) is 6.61 Å². The number of benzene rings is 2.